The summed E-state index contributed by atoms with van der Waals surface area (Å²) in [5.74, 6) is 0.143. The second-order valence-electron chi connectivity index (χ2n) is 8.65. The number of aromatic nitrogens is 3. The molecule has 1 aliphatic carbocycles. The summed E-state index contributed by atoms with van der Waals surface area (Å²) in [6, 6.07) is 8.15. The first-order valence-corrected chi connectivity index (χ1v) is 12.4. The second kappa shape index (κ2) is 8.58. The van der Waals surface area contributed by atoms with Gasteiger partial charge in [-0.25, -0.2) is 17.4 Å². The van der Waals surface area contributed by atoms with E-state index in [4.69, 9.17) is 10.8 Å². The molecule has 0 bridgehead atoms. The average Bonchev–Trinajstić information content (AvgIpc) is 3.37. The van der Waals surface area contributed by atoms with Crippen molar-refractivity contribution in [1.82, 2.24) is 18.8 Å². The van der Waals surface area contributed by atoms with Gasteiger partial charge in [-0.1, -0.05) is 31.0 Å². The summed E-state index contributed by atoms with van der Waals surface area (Å²) in [6.45, 7) is 5.43. The average molecular weight is 469 g/mol. The first-order valence-electron chi connectivity index (χ1n) is 10.9. The van der Waals surface area contributed by atoms with E-state index in [1.54, 1.807) is 30.3 Å². The van der Waals surface area contributed by atoms with Gasteiger partial charge < -0.3 is 5.32 Å². The molecule has 33 heavy (non-hydrogen) atoms. The number of carbonyl (C=O) groups is 1. The lowest BCUT2D eigenvalue weighted by Gasteiger charge is -2.21. The molecule has 9 nitrogen and oxygen atoms in total. The van der Waals surface area contributed by atoms with Crippen LogP contribution in [0.2, 0.25) is 0 Å². The van der Waals surface area contributed by atoms with E-state index in [0.29, 0.717) is 11.9 Å². The summed E-state index contributed by atoms with van der Waals surface area (Å²) in [5.41, 5.74) is 1.52. The van der Waals surface area contributed by atoms with Crippen molar-refractivity contribution in [3.63, 3.8) is 0 Å². The zero-order valence-corrected chi connectivity index (χ0v) is 19.7. The molecule has 1 aliphatic rings. The Bertz CT molecular complexity index is 1390. The molecule has 10 heteroatoms. The van der Waals surface area contributed by atoms with E-state index in [0.717, 1.165) is 22.4 Å². The summed E-state index contributed by atoms with van der Waals surface area (Å²) in [7, 11) is -3.89. The molecule has 3 N–H and O–H groups in total. The normalized spacial score (nSPS) is 20.8. The van der Waals surface area contributed by atoms with Crippen molar-refractivity contribution in [2.75, 3.05) is 0 Å². The minimum Gasteiger partial charge on any atom is -0.354 e. The molecule has 0 spiro atoms. The molecule has 2 heterocycles. The van der Waals surface area contributed by atoms with Crippen LogP contribution in [0, 0.1) is 29.6 Å². The monoisotopic (exact) mass is 468 g/mol. The van der Waals surface area contributed by atoms with Crippen LogP contribution in [0.15, 0.2) is 47.6 Å². The van der Waals surface area contributed by atoms with Crippen LogP contribution in [0.4, 0.5) is 0 Å². The van der Waals surface area contributed by atoms with Crippen LogP contribution in [0.25, 0.3) is 11.2 Å². The Morgan fingerprint density at radius 3 is 2.55 bits per heavy atom. The van der Waals surface area contributed by atoms with Gasteiger partial charge in [0.15, 0.2) is 5.65 Å². The number of rotatable bonds is 5. The fourth-order valence-electron chi connectivity index (χ4n) is 4.76. The highest BCUT2D eigenvalue weighted by Crippen LogP contribution is 2.36. The van der Waals surface area contributed by atoms with Gasteiger partial charge >= 0.3 is 0 Å². The molecular weight excluding hydrogens is 440 g/mol. The third-order valence-corrected chi connectivity index (χ3v) is 8.07. The van der Waals surface area contributed by atoms with Crippen molar-refractivity contribution in [1.29, 1.82) is 10.8 Å². The van der Waals surface area contributed by atoms with E-state index in [9.17, 15) is 13.2 Å². The van der Waals surface area contributed by atoms with Crippen LogP contribution in [0.3, 0.4) is 0 Å². The van der Waals surface area contributed by atoms with Gasteiger partial charge in [-0.3, -0.25) is 20.2 Å². The van der Waals surface area contributed by atoms with Crippen LogP contribution < -0.4 is 10.8 Å². The smallest absolute Gasteiger partial charge is 0.269 e. The predicted molar refractivity (Wildman–Crippen MR) is 125 cm³/mol. The molecule has 3 aromatic rings. The zero-order chi connectivity index (χ0) is 23.9. The van der Waals surface area contributed by atoms with E-state index in [2.05, 4.69) is 17.2 Å². The van der Waals surface area contributed by atoms with Gasteiger partial charge in [0.2, 0.25) is 5.91 Å². The molecule has 1 amide bonds. The Hall–Kier alpha value is -3.27. The molecular formula is C23H28N6O3S. The van der Waals surface area contributed by atoms with Crippen molar-refractivity contribution in [3.05, 3.63) is 53.8 Å². The maximum absolute atomic E-state index is 13.3. The van der Waals surface area contributed by atoms with E-state index < -0.39 is 10.0 Å². The maximum atomic E-state index is 13.3. The van der Waals surface area contributed by atoms with Crippen molar-refractivity contribution < 1.29 is 13.2 Å². The second-order valence-corrected chi connectivity index (χ2v) is 10.5. The van der Waals surface area contributed by atoms with Crippen LogP contribution in [-0.2, 0) is 14.8 Å². The zero-order valence-electron chi connectivity index (χ0n) is 18.9. The standard InChI is InChI=1S/C23H28N6O3S/c1-4-16-11-17(27-15(3)30)12-19(16)22(25)29-20-9-10-28(23(20)26-13-21(29)24)33(31,32)18-7-5-14(2)6-8-18/h5-10,13,16-17,19,24-25H,4,11-12H2,1-3H3,(H,27,30)/t16-,17+,19+/m1/s1. The number of nitrogens with zero attached hydrogens (tertiary/aromatic N) is 3. The van der Waals surface area contributed by atoms with Gasteiger partial charge in [-0.15, -0.1) is 0 Å². The number of aryl methyl sites for hydroxylation is 1. The number of nitrogens with one attached hydrogen (secondary N) is 3. The molecule has 4 rings (SSSR count). The Morgan fingerprint density at radius 1 is 1.21 bits per heavy atom. The number of carbonyl (C=O) groups excluding carboxylic acids is 1. The SMILES string of the molecule is CC[C@@H]1C[C@H](NC(C)=O)C[C@@H]1C(=N)n1c(=N)cnc2c1ccn2S(=O)(=O)c1ccc(C)cc1. The fraction of sp³-hybridized carbons (Fsp3) is 0.391. The van der Waals surface area contributed by atoms with Crippen LogP contribution in [-0.4, -0.2) is 39.7 Å². The van der Waals surface area contributed by atoms with Crippen molar-refractivity contribution >= 4 is 32.9 Å². The summed E-state index contributed by atoms with van der Waals surface area (Å²) in [5, 5.41) is 20.3. The van der Waals surface area contributed by atoms with Crippen LogP contribution in [0.1, 0.15) is 38.7 Å². The van der Waals surface area contributed by atoms with E-state index in [1.807, 2.05) is 6.92 Å². The molecule has 3 atom stereocenters. The van der Waals surface area contributed by atoms with Gasteiger partial charge in [0.25, 0.3) is 10.0 Å². The molecule has 1 saturated carbocycles. The van der Waals surface area contributed by atoms with Crippen molar-refractivity contribution in [2.24, 2.45) is 11.8 Å². The number of amides is 1. The van der Waals surface area contributed by atoms with Crippen LogP contribution >= 0.6 is 0 Å². The van der Waals surface area contributed by atoms with E-state index in [-0.39, 0.29) is 45.7 Å². The lowest BCUT2D eigenvalue weighted by Crippen LogP contribution is -2.35. The highest BCUT2D eigenvalue weighted by Gasteiger charge is 2.37. The molecule has 0 unspecified atom stereocenters. The van der Waals surface area contributed by atoms with Crippen LogP contribution in [0.5, 0.6) is 0 Å². The summed E-state index contributed by atoms with van der Waals surface area (Å²) in [4.78, 5) is 15.9. The first-order chi connectivity index (χ1) is 15.6. The Labute approximate surface area is 192 Å². The molecule has 1 aromatic carbocycles. The number of fused-ring (bicyclic) bond motifs is 1. The third kappa shape index (κ3) is 4.10. The fourth-order valence-corrected chi connectivity index (χ4v) is 6.06. The van der Waals surface area contributed by atoms with Gasteiger partial charge in [-0.05, 0) is 43.9 Å². The molecule has 0 saturated heterocycles. The largest absolute Gasteiger partial charge is 0.354 e. The molecule has 0 aliphatic heterocycles. The summed E-state index contributed by atoms with van der Waals surface area (Å²) < 4.78 is 29.1. The number of hydrogen-bond donors (Lipinski definition) is 3. The maximum Gasteiger partial charge on any atom is 0.269 e. The number of benzene rings is 1. The lowest BCUT2D eigenvalue weighted by molar-refractivity contribution is -0.119. The molecule has 1 fully saturated rings. The Balaban J connectivity index is 1.77. The third-order valence-electron chi connectivity index (χ3n) is 6.39. The molecule has 2 aromatic heterocycles. The van der Waals surface area contributed by atoms with E-state index in [1.165, 1.54) is 23.9 Å². The Kier molecular flexibility index (Phi) is 5.96. The minimum absolute atomic E-state index is 0.0100. The summed E-state index contributed by atoms with van der Waals surface area (Å²) in [6.07, 6.45) is 4.92. The minimum atomic E-state index is -3.89. The Morgan fingerprint density at radius 2 is 1.91 bits per heavy atom. The van der Waals surface area contributed by atoms with Gasteiger partial charge in [0.05, 0.1) is 16.6 Å². The predicted octanol–water partition coefficient (Wildman–Crippen LogP) is 2.63. The van der Waals surface area contributed by atoms with Crippen molar-refractivity contribution in [3.8, 4) is 0 Å². The lowest BCUT2D eigenvalue weighted by atomic mass is 9.92. The van der Waals surface area contributed by atoms with Gasteiger partial charge in [-0.2, -0.15) is 0 Å². The molecule has 0 radical (unpaired) electrons. The van der Waals surface area contributed by atoms with Gasteiger partial charge in [0.1, 0.15) is 11.3 Å². The summed E-state index contributed by atoms with van der Waals surface area (Å²) >= 11 is 0. The van der Waals surface area contributed by atoms with Gasteiger partial charge in [0, 0.05) is 25.1 Å². The topological polar surface area (TPSA) is 134 Å². The first kappa shape index (κ1) is 22.9. The van der Waals surface area contributed by atoms with E-state index >= 15 is 0 Å². The highest BCUT2D eigenvalue weighted by atomic mass is 32.2. The molecule has 174 valence electrons. The quantitative estimate of drug-likeness (QED) is 0.392. The van der Waals surface area contributed by atoms with Crippen molar-refractivity contribution in [2.45, 2.75) is 51.0 Å². The number of hydrogen-bond acceptors (Lipinski definition) is 6. The highest BCUT2D eigenvalue weighted by molar-refractivity contribution is 7.90.